The van der Waals surface area contributed by atoms with Gasteiger partial charge in [-0.1, -0.05) is 30.3 Å². The molecule has 124 valence electrons. The first-order valence-electron chi connectivity index (χ1n) is 7.82. The van der Waals surface area contributed by atoms with Crippen molar-refractivity contribution in [2.24, 2.45) is 0 Å². The molecule has 1 aliphatic heterocycles. The standard InChI is InChI=1S/C18H19N3O3/c1-13-7-8-19-11-15(13)20-17(22)18(23)21-9-10-24-16(12-21)14-5-3-2-4-6-14/h2-8,11,16H,9-10,12H2,1H3,(H,20,22)/t16-/m1/s1. The molecular formula is C18H19N3O3. The molecule has 1 saturated heterocycles. The van der Waals surface area contributed by atoms with E-state index in [0.717, 1.165) is 11.1 Å². The van der Waals surface area contributed by atoms with E-state index in [1.165, 1.54) is 11.1 Å². The van der Waals surface area contributed by atoms with Crippen LogP contribution < -0.4 is 5.32 Å². The van der Waals surface area contributed by atoms with Crippen molar-refractivity contribution in [1.82, 2.24) is 9.88 Å². The van der Waals surface area contributed by atoms with Crippen LogP contribution in [0, 0.1) is 6.92 Å². The zero-order chi connectivity index (χ0) is 16.9. The Morgan fingerprint density at radius 3 is 2.79 bits per heavy atom. The zero-order valence-corrected chi connectivity index (χ0v) is 13.4. The van der Waals surface area contributed by atoms with Crippen molar-refractivity contribution in [2.75, 3.05) is 25.0 Å². The lowest BCUT2D eigenvalue weighted by Gasteiger charge is -2.32. The Hall–Kier alpha value is -2.73. The van der Waals surface area contributed by atoms with Gasteiger partial charge in [0.25, 0.3) is 0 Å². The van der Waals surface area contributed by atoms with Gasteiger partial charge in [-0.2, -0.15) is 0 Å². The molecule has 1 atom stereocenters. The Morgan fingerprint density at radius 1 is 1.25 bits per heavy atom. The molecule has 1 N–H and O–H groups in total. The molecule has 2 aromatic rings. The molecule has 3 rings (SSSR count). The van der Waals surface area contributed by atoms with E-state index < -0.39 is 11.8 Å². The van der Waals surface area contributed by atoms with E-state index in [0.29, 0.717) is 25.4 Å². The average Bonchev–Trinajstić information content (AvgIpc) is 2.64. The highest BCUT2D eigenvalue weighted by Crippen LogP contribution is 2.22. The van der Waals surface area contributed by atoms with Crippen LogP contribution in [0.3, 0.4) is 0 Å². The monoisotopic (exact) mass is 325 g/mol. The second kappa shape index (κ2) is 7.23. The van der Waals surface area contributed by atoms with Crippen molar-refractivity contribution in [2.45, 2.75) is 13.0 Å². The smallest absolute Gasteiger partial charge is 0.313 e. The van der Waals surface area contributed by atoms with E-state index in [4.69, 9.17) is 4.74 Å². The molecule has 2 heterocycles. The highest BCUT2D eigenvalue weighted by Gasteiger charge is 2.29. The average molecular weight is 325 g/mol. The molecule has 0 spiro atoms. The molecule has 0 radical (unpaired) electrons. The van der Waals surface area contributed by atoms with Gasteiger partial charge < -0.3 is 15.0 Å². The molecule has 0 aliphatic carbocycles. The van der Waals surface area contributed by atoms with E-state index in [-0.39, 0.29) is 6.10 Å². The predicted octanol–water partition coefficient (Wildman–Crippen LogP) is 1.93. The number of hydrogen-bond donors (Lipinski definition) is 1. The number of benzene rings is 1. The highest BCUT2D eigenvalue weighted by molar-refractivity contribution is 6.39. The summed E-state index contributed by atoms with van der Waals surface area (Å²) in [5, 5.41) is 2.63. The summed E-state index contributed by atoms with van der Waals surface area (Å²) in [5.41, 5.74) is 2.40. The number of rotatable bonds is 2. The third kappa shape index (κ3) is 3.60. The SMILES string of the molecule is Cc1ccncc1NC(=O)C(=O)N1CCO[C@@H](c2ccccc2)C1. The minimum absolute atomic E-state index is 0.211. The van der Waals surface area contributed by atoms with Crippen LogP contribution in [-0.4, -0.2) is 41.4 Å². The Morgan fingerprint density at radius 2 is 2.04 bits per heavy atom. The maximum atomic E-state index is 12.4. The summed E-state index contributed by atoms with van der Waals surface area (Å²) in [4.78, 5) is 30.2. The van der Waals surface area contributed by atoms with Crippen molar-refractivity contribution < 1.29 is 14.3 Å². The topological polar surface area (TPSA) is 71.5 Å². The molecular weight excluding hydrogens is 306 g/mol. The molecule has 6 heteroatoms. The van der Waals surface area contributed by atoms with E-state index in [1.54, 1.807) is 12.3 Å². The van der Waals surface area contributed by atoms with Gasteiger partial charge in [-0.15, -0.1) is 0 Å². The molecule has 1 aliphatic rings. The molecule has 6 nitrogen and oxygen atoms in total. The maximum absolute atomic E-state index is 12.4. The summed E-state index contributed by atoms with van der Waals surface area (Å²) in [5.74, 6) is -1.21. The Bertz CT molecular complexity index is 733. The Kier molecular flexibility index (Phi) is 4.86. The largest absolute Gasteiger partial charge is 0.370 e. The van der Waals surface area contributed by atoms with Crippen molar-refractivity contribution in [3.8, 4) is 0 Å². The number of anilines is 1. The summed E-state index contributed by atoms with van der Waals surface area (Å²) in [6.45, 7) is 3.02. The van der Waals surface area contributed by atoms with Crippen LogP contribution in [0.15, 0.2) is 48.8 Å². The molecule has 1 aromatic heterocycles. The summed E-state index contributed by atoms with van der Waals surface area (Å²) in [6, 6.07) is 11.5. The third-order valence-electron chi connectivity index (χ3n) is 4.01. The number of amides is 2. The normalized spacial score (nSPS) is 17.4. The fourth-order valence-corrected chi connectivity index (χ4v) is 2.62. The number of nitrogens with one attached hydrogen (secondary N) is 1. The van der Waals surface area contributed by atoms with Crippen molar-refractivity contribution in [3.05, 3.63) is 59.9 Å². The minimum Gasteiger partial charge on any atom is -0.370 e. The molecule has 1 aromatic carbocycles. The Labute approximate surface area is 140 Å². The minimum atomic E-state index is -0.653. The van der Waals surface area contributed by atoms with Crippen LogP contribution in [0.5, 0.6) is 0 Å². The fourth-order valence-electron chi connectivity index (χ4n) is 2.62. The molecule has 1 fully saturated rings. The summed E-state index contributed by atoms with van der Waals surface area (Å²) >= 11 is 0. The van der Waals surface area contributed by atoms with Gasteiger partial charge in [-0.25, -0.2) is 0 Å². The summed E-state index contributed by atoms with van der Waals surface area (Å²) in [6.07, 6.45) is 2.96. The van der Waals surface area contributed by atoms with Gasteiger partial charge in [0.2, 0.25) is 0 Å². The zero-order valence-electron chi connectivity index (χ0n) is 13.4. The van der Waals surface area contributed by atoms with E-state index in [9.17, 15) is 9.59 Å². The molecule has 0 unspecified atom stereocenters. The van der Waals surface area contributed by atoms with Crippen molar-refractivity contribution in [1.29, 1.82) is 0 Å². The lowest BCUT2D eigenvalue weighted by Crippen LogP contribution is -2.46. The number of hydrogen-bond acceptors (Lipinski definition) is 4. The number of ether oxygens (including phenoxy) is 1. The first-order valence-corrected chi connectivity index (χ1v) is 7.82. The van der Waals surface area contributed by atoms with Gasteiger partial charge in [0, 0.05) is 12.7 Å². The fraction of sp³-hybridized carbons (Fsp3) is 0.278. The lowest BCUT2D eigenvalue weighted by atomic mass is 10.1. The molecule has 2 amide bonds. The number of aryl methyl sites for hydroxylation is 1. The van der Waals surface area contributed by atoms with Crippen molar-refractivity contribution >= 4 is 17.5 Å². The van der Waals surface area contributed by atoms with Crippen molar-refractivity contribution in [3.63, 3.8) is 0 Å². The van der Waals surface area contributed by atoms with Crippen LogP contribution >= 0.6 is 0 Å². The number of nitrogens with zero attached hydrogens (tertiary/aromatic N) is 2. The number of pyridine rings is 1. The first-order chi connectivity index (χ1) is 11.6. The van der Waals surface area contributed by atoms with Crippen LogP contribution in [0.2, 0.25) is 0 Å². The maximum Gasteiger partial charge on any atom is 0.313 e. The first kappa shape index (κ1) is 16.1. The van der Waals surface area contributed by atoms with Crippen LogP contribution in [-0.2, 0) is 14.3 Å². The van der Waals surface area contributed by atoms with Gasteiger partial charge in [0.05, 0.1) is 25.0 Å². The van der Waals surface area contributed by atoms with Gasteiger partial charge in [-0.05, 0) is 24.1 Å². The second-order valence-electron chi connectivity index (χ2n) is 5.67. The van der Waals surface area contributed by atoms with Crippen LogP contribution in [0.1, 0.15) is 17.2 Å². The number of carbonyl (C=O) groups is 2. The molecule has 24 heavy (non-hydrogen) atoms. The van der Waals surface area contributed by atoms with Gasteiger partial charge in [0.15, 0.2) is 0 Å². The predicted molar refractivity (Wildman–Crippen MR) is 89.3 cm³/mol. The van der Waals surface area contributed by atoms with Crippen LogP contribution in [0.25, 0.3) is 0 Å². The van der Waals surface area contributed by atoms with Gasteiger partial charge >= 0.3 is 11.8 Å². The lowest BCUT2D eigenvalue weighted by molar-refractivity contribution is -0.148. The Balaban J connectivity index is 1.66. The van der Waals surface area contributed by atoms with E-state index >= 15 is 0 Å². The number of carbonyl (C=O) groups excluding carboxylic acids is 2. The highest BCUT2D eigenvalue weighted by atomic mass is 16.5. The number of aromatic nitrogens is 1. The van der Waals surface area contributed by atoms with Crippen LogP contribution in [0.4, 0.5) is 5.69 Å². The summed E-state index contributed by atoms with van der Waals surface area (Å²) in [7, 11) is 0. The molecule has 0 saturated carbocycles. The van der Waals surface area contributed by atoms with Gasteiger partial charge in [-0.3, -0.25) is 14.6 Å². The summed E-state index contributed by atoms with van der Waals surface area (Å²) < 4.78 is 5.73. The third-order valence-corrected chi connectivity index (χ3v) is 4.01. The molecule has 0 bridgehead atoms. The van der Waals surface area contributed by atoms with E-state index in [2.05, 4.69) is 10.3 Å². The van der Waals surface area contributed by atoms with E-state index in [1.807, 2.05) is 37.3 Å². The van der Waals surface area contributed by atoms with Gasteiger partial charge in [0.1, 0.15) is 6.10 Å². The second-order valence-corrected chi connectivity index (χ2v) is 5.67. The number of morpholine rings is 1. The quantitative estimate of drug-likeness (QED) is 0.857.